The highest BCUT2D eigenvalue weighted by atomic mass is 15.0. The number of hydrogen-bond donors (Lipinski definition) is 1. The van der Waals surface area contributed by atoms with Crippen LogP contribution in [0, 0.1) is 39.0 Å². The molecule has 3 heteroatoms. The maximum Gasteiger partial charge on any atom is 0.148 e. The lowest BCUT2D eigenvalue weighted by atomic mass is 10.0. The van der Waals surface area contributed by atoms with E-state index >= 15 is 0 Å². The summed E-state index contributed by atoms with van der Waals surface area (Å²) in [5, 5.41) is 12.8. The molecule has 0 radical (unpaired) electrons. The molecule has 0 atom stereocenters. The summed E-state index contributed by atoms with van der Waals surface area (Å²) in [5.74, 6) is 0.584. The van der Waals surface area contributed by atoms with Crippen molar-refractivity contribution in [1.82, 2.24) is 4.98 Å². The molecule has 2 aromatic carbocycles. The summed E-state index contributed by atoms with van der Waals surface area (Å²) < 4.78 is 0. The Morgan fingerprint density at radius 3 is 1.88 bits per heavy atom. The predicted octanol–water partition coefficient (Wildman–Crippen LogP) is 5.60. The molecule has 3 aromatic rings. The van der Waals surface area contributed by atoms with Crippen LogP contribution in [0.25, 0.3) is 11.1 Å². The highest BCUT2D eigenvalue weighted by Gasteiger charge is 2.08. The van der Waals surface area contributed by atoms with Crippen molar-refractivity contribution in [3.63, 3.8) is 0 Å². The van der Waals surface area contributed by atoms with Crippen LogP contribution in [0.2, 0.25) is 0 Å². The Bertz CT molecular complexity index is 941. The molecule has 0 unspecified atom stereocenters. The maximum atomic E-state index is 9.56. The van der Waals surface area contributed by atoms with Gasteiger partial charge in [0.15, 0.2) is 0 Å². The zero-order chi connectivity index (χ0) is 18.0. The van der Waals surface area contributed by atoms with Crippen LogP contribution in [-0.4, -0.2) is 4.98 Å². The second-order valence-corrected chi connectivity index (χ2v) is 6.61. The molecule has 3 nitrogen and oxygen atoms in total. The number of rotatable bonds is 3. The van der Waals surface area contributed by atoms with E-state index in [0.29, 0.717) is 11.4 Å². The van der Waals surface area contributed by atoms with Gasteiger partial charge in [-0.2, -0.15) is 5.26 Å². The van der Waals surface area contributed by atoms with Crippen molar-refractivity contribution in [1.29, 1.82) is 5.26 Å². The van der Waals surface area contributed by atoms with Crippen molar-refractivity contribution >= 4 is 11.5 Å². The summed E-state index contributed by atoms with van der Waals surface area (Å²) in [7, 11) is 0. The first-order valence-electron chi connectivity index (χ1n) is 8.29. The zero-order valence-electron chi connectivity index (χ0n) is 15.0. The molecule has 0 amide bonds. The van der Waals surface area contributed by atoms with Gasteiger partial charge in [-0.1, -0.05) is 35.4 Å². The Labute approximate surface area is 149 Å². The van der Waals surface area contributed by atoms with E-state index < -0.39 is 0 Å². The fourth-order valence-electron chi connectivity index (χ4n) is 3.13. The predicted molar refractivity (Wildman–Crippen MR) is 103 cm³/mol. The fourth-order valence-corrected chi connectivity index (χ4v) is 3.13. The first-order chi connectivity index (χ1) is 11.9. The standard InChI is InChI=1S/C22H21N3/c1-14-5-15(2)8-18(7-14)20-11-19(12-23)22(24-13-20)25-21-9-16(3)6-17(4)10-21/h5-11,13H,1-4H3,(H,24,25). The number of hydrogen-bond acceptors (Lipinski definition) is 3. The van der Waals surface area contributed by atoms with Crippen LogP contribution >= 0.6 is 0 Å². The van der Waals surface area contributed by atoms with Crippen LogP contribution in [0.3, 0.4) is 0 Å². The molecule has 124 valence electrons. The summed E-state index contributed by atoms with van der Waals surface area (Å²) in [4.78, 5) is 4.51. The topological polar surface area (TPSA) is 48.7 Å². The minimum absolute atomic E-state index is 0.538. The fraction of sp³-hybridized carbons (Fsp3) is 0.182. The molecule has 1 aromatic heterocycles. The van der Waals surface area contributed by atoms with Gasteiger partial charge >= 0.3 is 0 Å². The van der Waals surface area contributed by atoms with Crippen molar-refractivity contribution in [2.45, 2.75) is 27.7 Å². The molecule has 25 heavy (non-hydrogen) atoms. The third kappa shape index (κ3) is 3.87. The lowest BCUT2D eigenvalue weighted by Crippen LogP contribution is -1.98. The molecule has 0 aliphatic carbocycles. The van der Waals surface area contributed by atoms with Crippen LogP contribution in [-0.2, 0) is 0 Å². The lowest BCUT2D eigenvalue weighted by Gasteiger charge is -2.11. The van der Waals surface area contributed by atoms with Gasteiger partial charge in [0, 0.05) is 17.4 Å². The molecule has 0 fully saturated rings. The lowest BCUT2D eigenvalue weighted by molar-refractivity contribution is 1.27. The number of nitriles is 1. The summed E-state index contributed by atoms with van der Waals surface area (Å²) in [6, 6.07) is 16.7. The largest absolute Gasteiger partial charge is 0.339 e. The van der Waals surface area contributed by atoms with E-state index in [0.717, 1.165) is 16.8 Å². The van der Waals surface area contributed by atoms with E-state index in [1.54, 1.807) is 0 Å². The van der Waals surface area contributed by atoms with Crippen molar-refractivity contribution in [3.05, 3.63) is 76.5 Å². The van der Waals surface area contributed by atoms with Gasteiger partial charge in [-0.05, 0) is 62.6 Å². The van der Waals surface area contributed by atoms with Gasteiger partial charge in [0.2, 0.25) is 0 Å². The van der Waals surface area contributed by atoms with Crippen molar-refractivity contribution in [2.75, 3.05) is 5.32 Å². The average Bonchev–Trinajstić information content (AvgIpc) is 2.53. The van der Waals surface area contributed by atoms with Crippen molar-refractivity contribution < 1.29 is 0 Å². The Hall–Kier alpha value is -3.12. The highest BCUT2D eigenvalue weighted by Crippen LogP contribution is 2.27. The van der Waals surface area contributed by atoms with Gasteiger partial charge in [0.05, 0.1) is 5.56 Å². The monoisotopic (exact) mass is 327 g/mol. The summed E-state index contributed by atoms with van der Waals surface area (Å²) >= 11 is 0. The Kier molecular flexibility index (Phi) is 4.54. The number of aromatic nitrogens is 1. The Balaban J connectivity index is 1.98. The SMILES string of the molecule is Cc1cc(C)cc(Nc2ncc(-c3cc(C)cc(C)c3)cc2C#N)c1. The number of anilines is 2. The van der Waals surface area contributed by atoms with Crippen LogP contribution in [0.1, 0.15) is 27.8 Å². The molecule has 1 heterocycles. The molecule has 0 aliphatic heterocycles. The smallest absolute Gasteiger partial charge is 0.148 e. The number of nitrogens with one attached hydrogen (secondary N) is 1. The summed E-state index contributed by atoms with van der Waals surface area (Å²) in [6.45, 7) is 8.26. The third-order valence-corrected chi connectivity index (χ3v) is 4.05. The van der Waals surface area contributed by atoms with E-state index in [4.69, 9.17) is 0 Å². The minimum Gasteiger partial charge on any atom is -0.339 e. The molecule has 0 bridgehead atoms. The van der Waals surface area contributed by atoms with E-state index in [-0.39, 0.29) is 0 Å². The van der Waals surface area contributed by atoms with Crippen molar-refractivity contribution in [2.24, 2.45) is 0 Å². The van der Waals surface area contributed by atoms with Gasteiger partial charge in [-0.15, -0.1) is 0 Å². The highest BCUT2D eigenvalue weighted by molar-refractivity contribution is 5.71. The van der Waals surface area contributed by atoms with E-state index in [1.165, 1.54) is 22.3 Å². The van der Waals surface area contributed by atoms with Gasteiger partial charge in [-0.3, -0.25) is 0 Å². The molecule has 0 saturated carbocycles. The normalized spacial score (nSPS) is 10.4. The van der Waals surface area contributed by atoms with E-state index in [1.807, 2.05) is 24.4 Å². The van der Waals surface area contributed by atoms with Crippen LogP contribution < -0.4 is 5.32 Å². The molecule has 1 N–H and O–H groups in total. The van der Waals surface area contributed by atoms with Crippen molar-refractivity contribution in [3.8, 4) is 17.2 Å². The molecule has 0 saturated heterocycles. The second kappa shape index (κ2) is 6.78. The molecule has 0 aliphatic rings. The molecular formula is C22H21N3. The summed E-state index contributed by atoms with van der Waals surface area (Å²) in [5.41, 5.74) is 8.27. The third-order valence-electron chi connectivity index (χ3n) is 4.05. The molecular weight excluding hydrogens is 306 g/mol. The quantitative estimate of drug-likeness (QED) is 0.681. The number of nitrogens with zero attached hydrogens (tertiary/aromatic N) is 2. The number of aryl methyl sites for hydroxylation is 4. The van der Waals surface area contributed by atoms with Gasteiger partial charge in [0.1, 0.15) is 11.9 Å². The average molecular weight is 327 g/mol. The maximum absolute atomic E-state index is 9.56. The number of benzene rings is 2. The van der Waals surface area contributed by atoms with Gasteiger partial charge in [-0.25, -0.2) is 4.98 Å². The first-order valence-corrected chi connectivity index (χ1v) is 8.29. The van der Waals surface area contributed by atoms with Crippen LogP contribution in [0.15, 0.2) is 48.7 Å². The van der Waals surface area contributed by atoms with Crippen LogP contribution in [0.5, 0.6) is 0 Å². The van der Waals surface area contributed by atoms with Gasteiger partial charge in [0.25, 0.3) is 0 Å². The van der Waals surface area contributed by atoms with Crippen LogP contribution in [0.4, 0.5) is 11.5 Å². The van der Waals surface area contributed by atoms with E-state index in [9.17, 15) is 5.26 Å². The van der Waals surface area contributed by atoms with E-state index in [2.05, 4.69) is 68.3 Å². The Morgan fingerprint density at radius 1 is 0.760 bits per heavy atom. The second-order valence-electron chi connectivity index (χ2n) is 6.61. The summed E-state index contributed by atoms with van der Waals surface area (Å²) in [6.07, 6.45) is 1.82. The molecule has 3 rings (SSSR count). The Morgan fingerprint density at radius 2 is 1.32 bits per heavy atom. The molecule has 0 spiro atoms. The minimum atomic E-state index is 0.538. The zero-order valence-corrected chi connectivity index (χ0v) is 15.0. The van der Waals surface area contributed by atoms with Gasteiger partial charge < -0.3 is 5.32 Å². The number of pyridine rings is 1. The first kappa shape index (κ1) is 16.7.